The lowest BCUT2D eigenvalue weighted by molar-refractivity contribution is -0.122. The largest absolute Gasteiger partial charge is 0.483 e. The van der Waals surface area contributed by atoms with Gasteiger partial charge in [-0.15, -0.1) is 0 Å². The van der Waals surface area contributed by atoms with E-state index in [2.05, 4.69) is 10.2 Å². The first-order valence-electron chi connectivity index (χ1n) is 11.0. The Morgan fingerprint density at radius 1 is 1.00 bits per heavy atom. The highest BCUT2D eigenvalue weighted by Gasteiger charge is 2.34. The number of hydrogen-bond acceptors (Lipinski definition) is 4. The van der Waals surface area contributed by atoms with Crippen LogP contribution in [0.15, 0.2) is 48.5 Å². The summed E-state index contributed by atoms with van der Waals surface area (Å²) in [7, 11) is 0. The van der Waals surface area contributed by atoms with E-state index in [1.165, 1.54) is 19.3 Å². The van der Waals surface area contributed by atoms with Crippen molar-refractivity contribution in [1.82, 2.24) is 10.2 Å². The second kappa shape index (κ2) is 11.1. The van der Waals surface area contributed by atoms with Gasteiger partial charge in [0.05, 0.1) is 6.61 Å². The summed E-state index contributed by atoms with van der Waals surface area (Å²) in [5.41, 5.74) is 4.13. The van der Waals surface area contributed by atoms with Gasteiger partial charge in [-0.3, -0.25) is 9.59 Å². The number of hydrogen-bond donors (Lipinski definition) is 3. The van der Waals surface area contributed by atoms with Gasteiger partial charge in [-0.25, -0.2) is 0 Å². The number of piperidine rings is 1. The average Bonchev–Trinajstić information content (AvgIpc) is 3.02. The Balaban J connectivity index is 0.000000858. The van der Waals surface area contributed by atoms with E-state index in [0.717, 1.165) is 61.3 Å². The van der Waals surface area contributed by atoms with Crippen molar-refractivity contribution in [3.05, 3.63) is 59.7 Å². The number of rotatable bonds is 3. The average molecular weight is 425 g/mol. The van der Waals surface area contributed by atoms with Crippen molar-refractivity contribution in [1.29, 1.82) is 0 Å². The fourth-order valence-corrected chi connectivity index (χ4v) is 4.78. The van der Waals surface area contributed by atoms with Crippen LogP contribution in [0.5, 0.6) is 0 Å². The summed E-state index contributed by atoms with van der Waals surface area (Å²) < 4.78 is 0. The fraction of sp³-hybridized carbons (Fsp3) is 0.440. The Morgan fingerprint density at radius 3 is 2.39 bits per heavy atom. The van der Waals surface area contributed by atoms with Gasteiger partial charge in [0.25, 0.3) is 12.4 Å². The van der Waals surface area contributed by atoms with Crippen molar-refractivity contribution in [2.45, 2.75) is 38.7 Å². The molecule has 6 nitrogen and oxygen atoms in total. The Hall–Kier alpha value is -2.70. The van der Waals surface area contributed by atoms with Crippen molar-refractivity contribution in [3.63, 3.8) is 0 Å². The minimum atomic E-state index is -0.250. The molecule has 2 fully saturated rings. The SMILES string of the molecule is O=C(c1cccc(-c2cccc(CO)c2)c1)N1CCCC2(CCNCC2)CC1.O=CO. The van der Waals surface area contributed by atoms with Crippen LogP contribution in [-0.4, -0.2) is 53.7 Å². The Bertz CT molecular complexity index is 877. The molecule has 0 bridgehead atoms. The van der Waals surface area contributed by atoms with Crippen LogP contribution in [0.25, 0.3) is 11.1 Å². The topological polar surface area (TPSA) is 89.9 Å². The van der Waals surface area contributed by atoms with Crippen LogP contribution in [0.3, 0.4) is 0 Å². The normalized spacial score (nSPS) is 17.9. The number of nitrogens with zero attached hydrogens (tertiary/aromatic N) is 1. The van der Waals surface area contributed by atoms with Gasteiger partial charge in [0.1, 0.15) is 0 Å². The molecule has 1 spiro atoms. The van der Waals surface area contributed by atoms with E-state index in [-0.39, 0.29) is 19.0 Å². The number of benzene rings is 2. The third kappa shape index (κ3) is 5.93. The maximum absolute atomic E-state index is 13.2. The lowest BCUT2D eigenvalue weighted by Gasteiger charge is -2.37. The van der Waals surface area contributed by atoms with Crippen LogP contribution in [0.2, 0.25) is 0 Å². The highest BCUT2D eigenvalue weighted by atomic mass is 16.3. The summed E-state index contributed by atoms with van der Waals surface area (Å²) in [6.45, 7) is 3.73. The molecule has 166 valence electrons. The van der Waals surface area contributed by atoms with E-state index in [4.69, 9.17) is 9.90 Å². The number of amides is 1. The minimum absolute atomic E-state index is 0.0253. The van der Waals surface area contributed by atoms with Crippen LogP contribution in [-0.2, 0) is 11.4 Å². The quantitative estimate of drug-likeness (QED) is 0.656. The molecule has 0 radical (unpaired) electrons. The van der Waals surface area contributed by atoms with Crippen molar-refractivity contribution >= 4 is 12.4 Å². The standard InChI is InChI=1S/C24H30N2O2.CH2O2/c27-18-19-4-1-5-20(16-19)21-6-2-7-22(17-21)23(28)26-14-3-8-24(11-15-26)9-12-25-13-10-24;2-1-3/h1-2,4-7,16-17,25,27H,3,8-15,18H2;1H,(H,2,3). The molecule has 0 aromatic heterocycles. The molecule has 6 heteroatoms. The summed E-state index contributed by atoms with van der Waals surface area (Å²) in [5, 5.41) is 19.7. The van der Waals surface area contributed by atoms with E-state index in [1.807, 2.05) is 48.5 Å². The van der Waals surface area contributed by atoms with Gasteiger partial charge in [0, 0.05) is 18.7 Å². The molecule has 3 N–H and O–H groups in total. The molecule has 2 aliphatic heterocycles. The van der Waals surface area contributed by atoms with Crippen LogP contribution in [0.1, 0.15) is 48.0 Å². The molecule has 2 aromatic carbocycles. The minimum Gasteiger partial charge on any atom is -0.483 e. The fourth-order valence-electron chi connectivity index (χ4n) is 4.78. The second-order valence-electron chi connectivity index (χ2n) is 8.44. The molecule has 2 aliphatic rings. The molecule has 31 heavy (non-hydrogen) atoms. The van der Waals surface area contributed by atoms with Gasteiger partial charge in [-0.05, 0) is 85.5 Å². The number of aliphatic hydroxyl groups excluding tert-OH is 1. The van der Waals surface area contributed by atoms with Crippen LogP contribution >= 0.6 is 0 Å². The predicted octanol–water partition coefficient (Wildman–Crippen LogP) is 3.54. The van der Waals surface area contributed by atoms with E-state index < -0.39 is 0 Å². The zero-order valence-electron chi connectivity index (χ0n) is 17.9. The van der Waals surface area contributed by atoms with E-state index in [0.29, 0.717) is 5.41 Å². The molecule has 0 saturated carbocycles. The van der Waals surface area contributed by atoms with Gasteiger partial charge in [0.2, 0.25) is 0 Å². The molecule has 1 amide bonds. The summed E-state index contributed by atoms with van der Waals surface area (Å²) >= 11 is 0. The second-order valence-corrected chi connectivity index (χ2v) is 8.44. The zero-order valence-corrected chi connectivity index (χ0v) is 17.9. The number of likely N-dealkylation sites (tertiary alicyclic amines) is 1. The predicted molar refractivity (Wildman–Crippen MR) is 121 cm³/mol. The number of aliphatic hydroxyl groups is 1. The maximum Gasteiger partial charge on any atom is 0.290 e. The summed E-state index contributed by atoms with van der Waals surface area (Å²) in [4.78, 5) is 23.6. The molecular weight excluding hydrogens is 392 g/mol. The first-order valence-corrected chi connectivity index (χ1v) is 11.0. The van der Waals surface area contributed by atoms with Gasteiger partial charge in [-0.1, -0.05) is 30.3 Å². The molecule has 2 aromatic rings. The van der Waals surface area contributed by atoms with Gasteiger partial charge in [0.15, 0.2) is 0 Å². The highest BCUT2D eigenvalue weighted by molar-refractivity contribution is 5.95. The first kappa shape index (κ1) is 23.0. The van der Waals surface area contributed by atoms with Crippen LogP contribution in [0, 0.1) is 5.41 Å². The Labute approximate surface area is 183 Å². The zero-order chi connectivity index (χ0) is 22.1. The van der Waals surface area contributed by atoms with Gasteiger partial charge >= 0.3 is 0 Å². The third-order valence-electron chi connectivity index (χ3n) is 6.55. The molecule has 2 saturated heterocycles. The van der Waals surface area contributed by atoms with E-state index in [9.17, 15) is 9.90 Å². The molecule has 0 atom stereocenters. The van der Waals surface area contributed by atoms with Crippen molar-refractivity contribution in [2.75, 3.05) is 26.2 Å². The first-order chi connectivity index (χ1) is 15.1. The smallest absolute Gasteiger partial charge is 0.290 e. The number of carboxylic acid groups (broad SMARTS) is 1. The van der Waals surface area contributed by atoms with Gasteiger partial charge < -0.3 is 20.4 Å². The number of carbonyl (C=O) groups is 2. The summed E-state index contributed by atoms with van der Waals surface area (Å²) in [5.74, 6) is 0.145. The lowest BCUT2D eigenvalue weighted by atomic mass is 9.73. The van der Waals surface area contributed by atoms with Gasteiger partial charge in [-0.2, -0.15) is 0 Å². The number of nitrogens with one attached hydrogen (secondary N) is 1. The molecular formula is C25H32N2O4. The summed E-state index contributed by atoms with van der Waals surface area (Å²) in [6.07, 6.45) is 5.95. The molecule has 2 heterocycles. The van der Waals surface area contributed by atoms with Crippen molar-refractivity contribution in [3.8, 4) is 11.1 Å². The summed E-state index contributed by atoms with van der Waals surface area (Å²) in [6, 6.07) is 15.8. The number of carbonyl (C=O) groups excluding carboxylic acids is 1. The maximum atomic E-state index is 13.2. The molecule has 4 rings (SSSR count). The molecule has 0 aliphatic carbocycles. The molecule has 0 unspecified atom stereocenters. The lowest BCUT2D eigenvalue weighted by Crippen LogP contribution is -2.38. The third-order valence-corrected chi connectivity index (χ3v) is 6.55. The van der Waals surface area contributed by atoms with E-state index >= 15 is 0 Å². The Kier molecular flexibility index (Phi) is 8.20. The van der Waals surface area contributed by atoms with Crippen LogP contribution < -0.4 is 5.32 Å². The highest BCUT2D eigenvalue weighted by Crippen LogP contribution is 2.39. The monoisotopic (exact) mass is 424 g/mol. The van der Waals surface area contributed by atoms with E-state index in [1.54, 1.807) is 0 Å². The Morgan fingerprint density at radius 2 is 1.68 bits per heavy atom. The van der Waals surface area contributed by atoms with Crippen LogP contribution in [0.4, 0.5) is 0 Å². The van der Waals surface area contributed by atoms with Crippen molar-refractivity contribution in [2.24, 2.45) is 5.41 Å². The van der Waals surface area contributed by atoms with Crippen molar-refractivity contribution < 1.29 is 19.8 Å².